The Kier molecular flexibility index (Phi) is 5.21. The van der Waals surface area contributed by atoms with Crippen LogP contribution in [0.2, 0.25) is 0 Å². The minimum absolute atomic E-state index is 0.0303. The van der Waals surface area contributed by atoms with E-state index >= 15 is 0 Å². The molecule has 0 bridgehead atoms. The van der Waals surface area contributed by atoms with Gasteiger partial charge in [-0.25, -0.2) is 4.79 Å². The van der Waals surface area contributed by atoms with Crippen molar-refractivity contribution in [3.63, 3.8) is 0 Å². The topological polar surface area (TPSA) is 85.3 Å². The summed E-state index contributed by atoms with van der Waals surface area (Å²) in [6.07, 6.45) is -0.980. The van der Waals surface area contributed by atoms with Gasteiger partial charge in [0.2, 0.25) is 0 Å². The molecule has 1 aromatic rings. The van der Waals surface area contributed by atoms with Crippen molar-refractivity contribution in [2.45, 2.75) is 13.0 Å². The monoisotopic (exact) mass is 309 g/mol. The van der Waals surface area contributed by atoms with E-state index in [0.717, 1.165) is 5.56 Å². The second kappa shape index (κ2) is 7.13. The number of carboxylic acids is 1. The molecule has 1 saturated heterocycles. The fourth-order valence-electron chi connectivity index (χ4n) is 2.15. The number of nitrogens with zero attached hydrogens (tertiary/aromatic N) is 1. The van der Waals surface area contributed by atoms with Crippen molar-refractivity contribution in [2.75, 3.05) is 33.4 Å². The van der Waals surface area contributed by atoms with Crippen molar-refractivity contribution in [2.24, 2.45) is 0 Å². The van der Waals surface area contributed by atoms with Crippen molar-refractivity contribution in [1.82, 2.24) is 4.90 Å². The Hall–Kier alpha value is -2.28. The molecule has 1 N–H and O–H groups in total. The molecule has 1 aliphatic heterocycles. The highest BCUT2D eigenvalue weighted by molar-refractivity contribution is 5.80. The Bertz CT molecular complexity index is 559. The number of aryl methyl sites for hydroxylation is 1. The number of amides is 1. The van der Waals surface area contributed by atoms with E-state index in [1.807, 2.05) is 19.1 Å². The van der Waals surface area contributed by atoms with Crippen LogP contribution in [0, 0.1) is 6.92 Å². The summed E-state index contributed by atoms with van der Waals surface area (Å²) in [6.45, 7) is 2.35. The number of hydrogen-bond donors (Lipinski definition) is 1. The third-order valence-electron chi connectivity index (χ3n) is 3.36. The highest BCUT2D eigenvalue weighted by Gasteiger charge is 2.29. The molecule has 22 heavy (non-hydrogen) atoms. The number of carbonyl (C=O) groups excluding carboxylic acids is 1. The van der Waals surface area contributed by atoms with E-state index in [2.05, 4.69) is 0 Å². The Morgan fingerprint density at radius 3 is 2.86 bits per heavy atom. The summed E-state index contributed by atoms with van der Waals surface area (Å²) < 4.78 is 15.8. The normalized spacial score (nSPS) is 17.9. The minimum atomic E-state index is -1.07. The second-order valence-electron chi connectivity index (χ2n) is 4.98. The van der Waals surface area contributed by atoms with Crippen LogP contribution in [0.4, 0.5) is 0 Å². The van der Waals surface area contributed by atoms with Gasteiger partial charge in [0.25, 0.3) is 5.91 Å². The predicted molar refractivity (Wildman–Crippen MR) is 77.2 cm³/mol. The quantitative estimate of drug-likeness (QED) is 0.861. The summed E-state index contributed by atoms with van der Waals surface area (Å²) >= 11 is 0. The molecule has 0 aromatic heterocycles. The van der Waals surface area contributed by atoms with E-state index in [1.54, 1.807) is 6.07 Å². The van der Waals surface area contributed by atoms with E-state index in [0.29, 0.717) is 18.0 Å². The highest BCUT2D eigenvalue weighted by atomic mass is 16.5. The van der Waals surface area contributed by atoms with E-state index < -0.39 is 12.1 Å². The van der Waals surface area contributed by atoms with Gasteiger partial charge in [0.1, 0.15) is 0 Å². The van der Waals surface area contributed by atoms with Crippen LogP contribution >= 0.6 is 0 Å². The molecule has 1 amide bonds. The molecular weight excluding hydrogens is 290 g/mol. The fraction of sp³-hybridized carbons (Fsp3) is 0.467. The molecule has 0 saturated carbocycles. The molecule has 1 aromatic carbocycles. The number of ether oxygens (including phenoxy) is 3. The van der Waals surface area contributed by atoms with Crippen LogP contribution in [0.5, 0.6) is 11.5 Å². The lowest BCUT2D eigenvalue weighted by molar-refractivity contribution is -0.159. The zero-order valence-electron chi connectivity index (χ0n) is 12.6. The van der Waals surface area contributed by atoms with Crippen molar-refractivity contribution < 1.29 is 28.9 Å². The Labute approximate surface area is 128 Å². The van der Waals surface area contributed by atoms with E-state index in [-0.39, 0.29) is 25.7 Å². The van der Waals surface area contributed by atoms with Crippen LogP contribution in [0.25, 0.3) is 0 Å². The van der Waals surface area contributed by atoms with Crippen molar-refractivity contribution in [3.8, 4) is 11.5 Å². The third-order valence-corrected chi connectivity index (χ3v) is 3.36. The zero-order valence-corrected chi connectivity index (χ0v) is 12.6. The molecule has 0 unspecified atom stereocenters. The van der Waals surface area contributed by atoms with Gasteiger partial charge in [-0.05, 0) is 24.6 Å². The largest absolute Gasteiger partial charge is 0.493 e. The average Bonchev–Trinajstić information content (AvgIpc) is 2.53. The van der Waals surface area contributed by atoms with Crippen molar-refractivity contribution in [1.29, 1.82) is 0 Å². The van der Waals surface area contributed by atoms with Crippen LogP contribution < -0.4 is 9.47 Å². The minimum Gasteiger partial charge on any atom is -0.493 e. The molecule has 7 nitrogen and oxygen atoms in total. The number of carbonyl (C=O) groups is 2. The van der Waals surface area contributed by atoms with Gasteiger partial charge in [-0.3, -0.25) is 4.79 Å². The summed E-state index contributed by atoms with van der Waals surface area (Å²) in [7, 11) is 1.53. The van der Waals surface area contributed by atoms with Crippen LogP contribution in [0.3, 0.4) is 0 Å². The molecule has 1 aliphatic rings. The molecule has 7 heteroatoms. The number of carboxylic acid groups (broad SMARTS) is 1. The van der Waals surface area contributed by atoms with Gasteiger partial charge in [-0.2, -0.15) is 0 Å². The Morgan fingerprint density at radius 2 is 2.18 bits per heavy atom. The standard InChI is InChI=1S/C15H19NO6/c1-10-3-4-11(12(7-10)20-2)22-9-14(17)16-5-6-21-13(8-16)15(18)19/h3-4,7,13H,5-6,8-9H2,1-2H3,(H,18,19)/t13-/m1/s1. The number of rotatable bonds is 5. The molecule has 1 atom stereocenters. The Balaban J connectivity index is 1.94. The molecule has 0 radical (unpaired) electrons. The summed E-state index contributed by atoms with van der Waals surface area (Å²) in [6, 6.07) is 5.41. The van der Waals surface area contributed by atoms with E-state index in [1.165, 1.54) is 12.0 Å². The lowest BCUT2D eigenvalue weighted by Crippen LogP contribution is -2.49. The molecular formula is C15H19NO6. The molecule has 120 valence electrons. The first-order valence-electron chi connectivity index (χ1n) is 6.91. The first-order valence-corrected chi connectivity index (χ1v) is 6.91. The smallest absolute Gasteiger partial charge is 0.334 e. The molecule has 1 heterocycles. The summed E-state index contributed by atoms with van der Waals surface area (Å²) in [5.41, 5.74) is 1.02. The first kappa shape index (κ1) is 16.1. The van der Waals surface area contributed by atoms with Crippen LogP contribution in [0.15, 0.2) is 18.2 Å². The molecule has 2 rings (SSSR count). The SMILES string of the molecule is COc1cc(C)ccc1OCC(=O)N1CCO[C@@H](C(=O)O)C1. The molecule has 0 spiro atoms. The van der Waals surface area contributed by atoms with Crippen LogP contribution in [0.1, 0.15) is 5.56 Å². The van der Waals surface area contributed by atoms with E-state index in [4.69, 9.17) is 19.3 Å². The number of aliphatic carboxylic acids is 1. The number of benzene rings is 1. The maximum atomic E-state index is 12.1. The predicted octanol–water partition coefficient (Wildman–Crippen LogP) is 0.694. The Morgan fingerprint density at radius 1 is 1.41 bits per heavy atom. The number of methoxy groups -OCH3 is 1. The average molecular weight is 309 g/mol. The van der Waals surface area contributed by atoms with Crippen LogP contribution in [-0.2, 0) is 14.3 Å². The third kappa shape index (κ3) is 3.88. The van der Waals surface area contributed by atoms with E-state index in [9.17, 15) is 9.59 Å². The lowest BCUT2D eigenvalue weighted by atomic mass is 10.2. The van der Waals surface area contributed by atoms with Gasteiger partial charge in [0.15, 0.2) is 24.2 Å². The highest BCUT2D eigenvalue weighted by Crippen LogP contribution is 2.27. The van der Waals surface area contributed by atoms with Gasteiger partial charge >= 0.3 is 5.97 Å². The number of hydrogen-bond acceptors (Lipinski definition) is 5. The summed E-state index contributed by atoms with van der Waals surface area (Å²) in [4.78, 5) is 24.5. The summed E-state index contributed by atoms with van der Waals surface area (Å²) in [5.74, 6) is -0.321. The maximum Gasteiger partial charge on any atom is 0.334 e. The van der Waals surface area contributed by atoms with Gasteiger partial charge < -0.3 is 24.2 Å². The summed E-state index contributed by atoms with van der Waals surface area (Å²) in [5, 5.41) is 8.93. The fourth-order valence-corrected chi connectivity index (χ4v) is 2.15. The van der Waals surface area contributed by atoms with Gasteiger partial charge in [-0.1, -0.05) is 6.07 Å². The first-order chi connectivity index (χ1) is 10.5. The van der Waals surface area contributed by atoms with Gasteiger partial charge in [-0.15, -0.1) is 0 Å². The molecule has 0 aliphatic carbocycles. The second-order valence-corrected chi connectivity index (χ2v) is 4.98. The molecule has 1 fully saturated rings. The van der Waals surface area contributed by atoms with Crippen molar-refractivity contribution >= 4 is 11.9 Å². The maximum absolute atomic E-state index is 12.1. The lowest BCUT2D eigenvalue weighted by Gasteiger charge is -2.30. The van der Waals surface area contributed by atoms with Crippen LogP contribution in [-0.4, -0.2) is 61.4 Å². The zero-order chi connectivity index (χ0) is 16.1. The van der Waals surface area contributed by atoms with Crippen molar-refractivity contribution in [3.05, 3.63) is 23.8 Å². The van der Waals surface area contributed by atoms with Gasteiger partial charge in [0.05, 0.1) is 20.3 Å². The van der Waals surface area contributed by atoms with Gasteiger partial charge in [0, 0.05) is 6.54 Å². The number of morpholine rings is 1.